The van der Waals surface area contributed by atoms with Crippen LogP contribution in [-0.4, -0.2) is 18.7 Å². The Morgan fingerprint density at radius 2 is 1.95 bits per heavy atom. The van der Waals surface area contributed by atoms with E-state index in [-0.39, 0.29) is 5.57 Å². The third-order valence-corrected chi connectivity index (χ3v) is 2.80. The molecule has 1 aromatic rings. The van der Waals surface area contributed by atoms with Gasteiger partial charge in [-0.25, -0.2) is 4.79 Å². The first-order valence-corrected chi connectivity index (χ1v) is 5.52. The largest absolute Gasteiger partial charge is 0.466 e. The van der Waals surface area contributed by atoms with E-state index in [1.807, 2.05) is 6.07 Å². The van der Waals surface area contributed by atoms with Crippen LogP contribution >= 0.6 is 0 Å². The van der Waals surface area contributed by atoms with Crippen LogP contribution in [0.5, 0.6) is 0 Å². The lowest BCUT2D eigenvalue weighted by molar-refractivity contribution is -0.137. The van der Waals surface area contributed by atoms with Crippen LogP contribution in [0.15, 0.2) is 42.0 Å². The number of nitrogens with zero attached hydrogens (tertiary/aromatic N) is 2. The van der Waals surface area contributed by atoms with E-state index < -0.39 is 17.7 Å². The van der Waals surface area contributed by atoms with Gasteiger partial charge in [0.25, 0.3) is 5.60 Å². The number of carbonyl (C=O) groups is 1. The van der Waals surface area contributed by atoms with Crippen molar-refractivity contribution in [2.24, 2.45) is 0 Å². The van der Waals surface area contributed by atoms with Gasteiger partial charge < -0.3 is 9.47 Å². The fourth-order valence-corrected chi connectivity index (χ4v) is 1.88. The minimum Gasteiger partial charge on any atom is -0.466 e. The molecule has 0 radical (unpaired) electrons. The summed E-state index contributed by atoms with van der Waals surface area (Å²) in [5, 5.41) is 18.1. The van der Waals surface area contributed by atoms with Crippen molar-refractivity contribution >= 4 is 5.97 Å². The Kier molecular flexibility index (Phi) is 3.33. The number of ether oxygens (including phenoxy) is 2. The van der Waals surface area contributed by atoms with Crippen LogP contribution < -0.4 is 0 Å². The van der Waals surface area contributed by atoms with E-state index in [9.17, 15) is 4.79 Å². The van der Waals surface area contributed by atoms with Gasteiger partial charge in [0.1, 0.15) is 18.2 Å². The molecule has 0 saturated heterocycles. The Morgan fingerprint density at radius 3 is 2.47 bits per heavy atom. The normalized spacial score (nSPS) is 19.9. The van der Waals surface area contributed by atoms with E-state index in [4.69, 9.17) is 15.3 Å². The summed E-state index contributed by atoms with van der Waals surface area (Å²) < 4.78 is 10.1. The number of hydrogen-bond acceptors (Lipinski definition) is 5. The molecule has 1 heterocycles. The van der Waals surface area contributed by atoms with Crippen LogP contribution in [0.1, 0.15) is 11.7 Å². The van der Waals surface area contributed by atoms with Crippen molar-refractivity contribution in [2.45, 2.75) is 11.7 Å². The molecular weight excluding hydrogens is 244 g/mol. The molecule has 0 bridgehead atoms. The van der Waals surface area contributed by atoms with Gasteiger partial charge in [-0.05, 0) is 11.6 Å². The van der Waals surface area contributed by atoms with Crippen LogP contribution in [0, 0.1) is 22.7 Å². The molecule has 5 nitrogen and oxygen atoms in total. The number of hydrogen-bond donors (Lipinski definition) is 0. The highest BCUT2D eigenvalue weighted by Crippen LogP contribution is 2.39. The molecule has 2 rings (SSSR count). The quantitative estimate of drug-likeness (QED) is 0.749. The first-order chi connectivity index (χ1) is 9.15. The predicted octanol–water partition coefficient (Wildman–Crippen LogP) is 1.64. The lowest BCUT2D eigenvalue weighted by atomic mass is 10.0. The lowest BCUT2D eigenvalue weighted by Crippen LogP contribution is -2.22. The summed E-state index contributed by atoms with van der Waals surface area (Å²) >= 11 is 0. The van der Waals surface area contributed by atoms with Crippen LogP contribution in [0.4, 0.5) is 0 Å². The second-order valence-electron chi connectivity index (χ2n) is 3.96. The number of nitriles is 2. The van der Waals surface area contributed by atoms with Gasteiger partial charge in [-0.15, -0.1) is 0 Å². The third kappa shape index (κ3) is 2.20. The monoisotopic (exact) mass is 254 g/mol. The molecule has 0 saturated carbocycles. The average molecular weight is 254 g/mol. The summed E-state index contributed by atoms with van der Waals surface area (Å²) in [5.41, 5.74) is -0.896. The number of benzene rings is 1. The van der Waals surface area contributed by atoms with Crippen LogP contribution in [-0.2, 0) is 14.3 Å². The number of methoxy groups -OCH3 is 1. The maximum atomic E-state index is 11.7. The van der Waals surface area contributed by atoms with E-state index in [0.717, 1.165) is 0 Å². The Hall–Kier alpha value is -2.63. The van der Waals surface area contributed by atoms with Crippen molar-refractivity contribution < 1.29 is 14.3 Å². The van der Waals surface area contributed by atoms with Crippen molar-refractivity contribution in [1.29, 1.82) is 10.5 Å². The molecular formula is C14H10N2O3. The van der Waals surface area contributed by atoms with Crippen molar-refractivity contribution in [1.82, 2.24) is 0 Å². The van der Waals surface area contributed by atoms with Crippen LogP contribution in [0.3, 0.4) is 0 Å². The average Bonchev–Trinajstić information content (AvgIpc) is 2.88. The molecule has 5 heteroatoms. The molecule has 94 valence electrons. The fraction of sp³-hybridized carbons (Fsp3) is 0.214. The molecule has 1 atom stereocenters. The molecule has 0 aromatic heterocycles. The highest BCUT2D eigenvalue weighted by atomic mass is 16.5. The van der Waals surface area contributed by atoms with E-state index >= 15 is 0 Å². The van der Waals surface area contributed by atoms with E-state index in [2.05, 4.69) is 4.74 Å². The zero-order chi connectivity index (χ0) is 13.9. The molecule has 0 N–H and O–H groups in total. The summed E-state index contributed by atoms with van der Waals surface area (Å²) in [5.74, 6) is -0.610. The molecule has 0 fully saturated rings. The Bertz CT molecular complexity index is 594. The molecule has 1 aliphatic rings. The van der Waals surface area contributed by atoms with Crippen LogP contribution in [0.25, 0.3) is 0 Å². The minimum atomic E-state index is -1.75. The SMILES string of the molecule is COC(=O)C1=CC(C#N)(C#N)OC1c1ccccc1. The lowest BCUT2D eigenvalue weighted by Gasteiger charge is -2.16. The maximum absolute atomic E-state index is 11.7. The minimum absolute atomic E-state index is 0.164. The van der Waals surface area contributed by atoms with Crippen molar-refractivity contribution in [3.05, 3.63) is 47.5 Å². The van der Waals surface area contributed by atoms with Gasteiger partial charge in [-0.2, -0.15) is 10.5 Å². The van der Waals surface area contributed by atoms with Gasteiger partial charge >= 0.3 is 5.97 Å². The smallest absolute Gasteiger partial charge is 0.336 e. The van der Waals surface area contributed by atoms with Gasteiger partial charge in [0.2, 0.25) is 0 Å². The van der Waals surface area contributed by atoms with Crippen molar-refractivity contribution in [2.75, 3.05) is 7.11 Å². The summed E-state index contributed by atoms with van der Waals surface area (Å²) in [6, 6.07) is 12.4. The van der Waals surface area contributed by atoms with E-state index in [0.29, 0.717) is 5.56 Å². The number of rotatable bonds is 2. The Balaban J connectivity index is 2.47. The fourth-order valence-electron chi connectivity index (χ4n) is 1.88. The number of esters is 1. The van der Waals surface area contributed by atoms with Gasteiger partial charge in [0.05, 0.1) is 12.7 Å². The van der Waals surface area contributed by atoms with Gasteiger partial charge in [-0.3, -0.25) is 0 Å². The second-order valence-corrected chi connectivity index (χ2v) is 3.96. The van der Waals surface area contributed by atoms with Gasteiger partial charge in [-0.1, -0.05) is 30.3 Å². The molecule has 0 amide bonds. The highest BCUT2D eigenvalue weighted by molar-refractivity contribution is 5.91. The Morgan fingerprint density at radius 1 is 1.32 bits per heavy atom. The molecule has 1 unspecified atom stereocenters. The molecule has 1 aromatic carbocycles. The topological polar surface area (TPSA) is 83.1 Å². The summed E-state index contributed by atoms with van der Waals surface area (Å²) in [6.45, 7) is 0. The van der Waals surface area contributed by atoms with Crippen LogP contribution in [0.2, 0.25) is 0 Å². The van der Waals surface area contributed by atoms with E-state index in [1.54, 1.807) is 36.4 Å². The first kappa shape index (κ1) is 12.8. The van der Waals surface area contributed by atoms with Crippen molar-refractivity contribution in [3.63, 3.8) is 0 Å². The predicted molar refractivity (Wildman–Crippen MR) is 64.3 cm³/mol. The zero-order valence-corrected chi connectivity index (χ0v) is 10.2. The summed E-state index contributed by atoms with van der Waals surface area (Å²) in [4.78, 5) is 11.7. The Labute approximate surface area is 110 Å². The van der Waals surface area contributed by atoms with Gasteiger partial charge in [0.15, 0.2) is 0 Å². The summed E-state index contributed by atoms with van der Waals surface area (Å²) in [6.07, 6.45) is 0.448. The molecule has 19 heavy (non-hydrogen) atoms. The second kappa shape index (κ2) is 4.93. The first-order valence-electron chi connectivity index (χ1n) is 5.52. The van der Waals surface area contributed by atoms with Crippen molar-refractivity contribution in [3.8, 4) is 12.1 Å². The molecule has 1 aliphatic heterocycles. The maximum Gasteiger partial charge on any atom is 0.336 e. The zero-order valence-electron chi connectivity index (χ0n) is 10.2. The highest BCUT2D eigenvalue weighted by Gasteiger charge is 2.44. The molecule has 0 spiro atoms. The number of carbonyl (C=O) groups excluding carboxylic acids is 1. The van der Waals surface area contributed by atoms with Gasteiger partial charge in [0, 0.05) is 0 Å². The standard InChI is InChI=1S/C14H10N2O3/c1-18-13(17)11-7-14(8-15,9-16)19-12(11)10-5-3-2-4-6-10/h2-7,12H,1H3. The van der Waals surface area contributed by atoms with E-state index in [1.165, 1.54) is 13.2 Å². The molecule has 0 aliphatic carbocycles. The third-order valence-electron chi connectivity index (χ3n) is 2.80. The summed E-state index contributed by atoms with van der Waals surface area (Å²) in [7, 11) is 1.24.